The second kappa shape index (κ2) is 5.43. The van der Waals surface area contributed by atoms with Gasteiger partial charge >= 0.3 is 0 Å². The molecular formula is C10H14N2O4. The highest BCUT2D eigenvalue weighted by molar-refractivity contribution is 5.45. The first-order valence-corrected chi connectivity index (χ1v) is 4.79. The number of non-ortho nitro benzene ring substituents is 1. The number of nitrogens with zero attached hydrogens (tertiary/aromatic N) is 1. The Labute approximate surface area is 92.8 Å². The Morgan fingerprint density at radius 2 is 2.31 bits per heavy atom. The summed E-state index contributed by atoms with van der Waals surface area (Å²) in [6, 6.07) is 3.86. The van der Waals surface area contributed by atoms with Crippen LogP contribution in [0.3, 0.4) is 0 Å². The van der Waals surface area contributed by atoms with E-state index in [-0.39, 0.29) is 18.3 Å². The van der Waals surface area contributed by atoms with Crippen LogP contribution in [0, 0.1) is 10.1 Å². The first-order valence-electron chi connectivity index (χ1n) is 4.79. The topological polar surface area (TPSA) is 98.6 Å². The van der Waals surface area contributed by atoms with Gasteiger partial charge in [0.15, 0.2) is 0 Å². The van der Waals surface area contributed by atoms with Crippen molar-refractivity contribution in [2.45, 2.75) is 12.5 Å². The Kier molecular flexibility index (Phi) is 4.21. The van der Waals surface area contributed by atoms with Crippen LogP contribution < -0.4 is 10.5 Å². The number of methoxy groups -OCH3 is 1. The van der Waals surface area contributed by atoms with Gasteiger partial charge in [-0.25, -0.2) is 0 Å². The number of nitrogens with two attached hydrogens (primary N) is 1. The molecule has 6 heteroatoms. The molecule has 88 valence electrons. The number of nitro benzene ring substituents is 1. The minimum atomic E-state index is -0.496. The lowest BCUT2D eigenvalue weighted by Gasteiger charge is -2.14. The Hall–Kier alpha value is -1.66. The number of hydrogen-bond acceptors (Lipinski definition) is 5. The molecule has 1 unspecified atom stereocenters. The first kappa shape index (κ1) is 12.4. The molecule has 0 saturated carbocycles. The zero-order valence-corrected chi connectivity index (χ0v) is 8.92. The van der Waals surface area contributed by atoms with Gasteiger partial charge in [-0.2, -0.15) is 0 Å². The van der Waals surface area contributed by atoms with E-state index in [0.29, 0.717) is 17.7 Å². The summed E-state index contributed by atoms with van der Waals surface area (Å²) in [5.74, 6) is 0.371. The van der Waals surface area contributed by atoms with Crippen molar-refractivity contribution >= 4 is 5.69 Å². The second-order valence-corrected chi connectivity index (χ2v) is 3.30. The van der Waals surface area contributed by atoms with E-state index >= 15 is 0 Å². The molecule has 0 saturated heterocycles. The van der Waals surface area contributed by atoms with Gasteiger partial charge in [-0.1, -0.05) is 0 Å². The second-order valence-electron chi connectivity index (χ2n) is 3.30. The maximum Gasteiger partial charge on any atom is 0.273 e. The largest absolute Gasteiger partial charge is 0.496 e. The highest BCUT2D eigenvalue weighted by Gasteiger charge is 2.15. The maximum absolute atomic E-state index is 10.6. The Morgan fingerprint density at radius 1 is 1.62 bits per heavy atom. The highest BCUT2D eigenvalue weighted by Crippen LogP contribution is 2.29. The van der Waals surface area contributed by atoms with Crippen molar-refractivity contribution in [2.75, 3.05) is 13.7 Å². The lowest BCUT2D eigenvalue weighted by atomic mass is 10.0. The third-order valence-corrected chi connectivity index (χ3v) is 2.27. The molecule has 1 rings (SSSR count). The zero-order chi connectivity index (χ0) is 12.1. The summed E-state index contributed by atoms with van der Waals surface area (Å²) in [5, 5.41) is 19.3. The predicted molar refractivity (Wildman–Crippen MR) is 58.3 cm³/mol. The van der Waals surface area contributed by atoms with Gasteiger partial charge in [-0.15, -0.1) is 0 Å². The molecule has 0 amide bonds. The SMILES string of the molecule is COc1cc([N+](=O)[O-])ccc1C(N)CCO. The van der Waals surface area contributed by atoms with Crippen molar-refractivity contribution in [3.05, 3.63) is 33.9 Å². The predicted octanol–water partition coefficient (Wildman–Crippen LogP) is 0.986. The summed E-state index contributed by atoms with van der Waals surface area (Å²) < 4.78 is 5.04. The monoisotopic (exact) mass is 226 g/mol. The van der Waals surface area contributed by atoms with Crippen LogP contribution in [0.2, 0.25) is 0 Å². The van der Waals surface area contributed by atoms with Gasteiger partial charge in [-0.3, -0.25) is 10.1 Å². The quantitative estimate of drug-likeness (QED) is 0.576. The molecule has 0 aromatic heterocycles. The molecule has 0 heterocycles. The molecule has 0 fully saturated rings. The third-order valence-electron chi connectivity index (χ3n) is 2.27. The van der Waals surface area contributed by atoms with Crippen molar-refractivity contribution in [2.24, 2.45) is 5.73 Å². The van der Waals surface area contributed by atoms with E-state index in [1.54, 1.807) is 6.07 Å². The van der Waals surface area contributed by atoms with E-state index in [9.17, 15) is 10.1 Å². The Bertz CT molecular complexity index is 381. The molecule has 1 aromatic rings. The summed E-state index contributed by atoms with van der Waals surface area (Å²) in [5.41, 5.74) is 6.41. The lowest BCUT2D eigenvalue weighted by molar-refractivity contribution is -0.384. The molecule has 16 heavy (non-hydrogen) atoms. The number of aliphatic hydroxyl groups is 1. The molecule has 0 aliphatic rings. The van der Waals surface area contributed by atoms with Crippen LogP contribution >= 0.6 is 0 Å². The highest BCUT2D eigenvalue weighted by atomic mass is 16.6. The van der Waals surface area contributed by atoms with Gasteiger partial charge in [0, 0.05) is 24.3 Å². The minimum Gasteiger partial charge on any atom is -0.496 e. The third kappa shape index (κ3) is 2.68. The van der Waals surface area contributed by atoms with E-state index in [0.717, 1.165) is 0 Å². The fraction of sp³-hybridized carbons (Fsp3) is 0.400. The van der Waals surface area contributed by atoms with Crippen LogP contribution in [0.15, 0.2) is 18.2 Å². The smallest absolute Gasteiger partial charge is 0.273 e. The molecule has 0 spiro atoms. The van der Waals surface area contributed by atoms with Crippen LogP contribution in [-0.2, 0) is 0 Å². The average molecular weight is 226 g/mol. The Morgan fingerprint density at radius 3 is 2.81 bits per heavy atom. The van der Waals surface area contributed by atoms with Crippen molar-refractivity contribution in [3.63, 3.8) is 0 Å². The van der Waals surface area contributed by atoms with E-state index in [1.807, 2.05) is 0 Å². The maximum atomic E-state index is 10.6. The van der Waals surface area contributed by atoms with E-state index in [4.69, 9.17) is 15.6 Å². The summed E-state index contributed by atoms with van der Waals surface area (Å²) in [7, 11) is 1.42. The van der Waals surface area contributed by atoms with E-state index < -0.39 is 4.92 Å². The number of nitro groups is 1. The van der Waals surface area contributed by atoms with Crippen LogP contribution in [0.4, 0.5) is 5.69 Å². The fourth-order valence-corrected chi connectivity index (χ4v) is 1.41. The summed E-state index contributed by atoms with van der Waals surface area (Å²) in [6.45, 7) is -0.0404. The minimum absolute atomic E-state index is 0.0404. The number of aliphatic hydroxyl groups excluding tert-OH is 1. The lowest BCUT2D eigenvalue weighted by Crippen LogP contribution is -2.13. The van der Waals surface area contributed by atoms with Gasteiger partial charge in [0.1, 0.15) is 5.75 Å². The molecule has 0 bridgehead atoms. The van der Waals surface area contributed by atoms with Gasteiger partial charge in [-0.05, 0) is 12.5 Å². The standard InChI is InChI=1S/C10H14N2O4/c1-16-10-6-7(12(14)15)2-3-8(10)9(11)4-5-13/h2-3,6,9,13H,4-5,11H2,1H3. The molecular weight excluding hydrogens is 212 g/mol. The first-order chi connectivity index (χ1) is 7.60. The van der Waals surface area contributed by atoms with Crippen molar-refractivity contribution in [1.82, 2.24) is 0 Å². The van der Waals surface area contributed by atoms with Gasteiger partial charge in [0.25, 0.3) is 5.69 Å². The number of ether oxygens (including phenoxy) is 1. The average Bonchev–Trinajstić information content (AvgIpc) is 2.28. The molecule has 1 atom stereocenters. The number of hydrogen-bond donors (Lipinski definition) is 2. The Balaban J connectivity index is 3.06. The van der Waals surface area contributed by atoms with E-state index in [2.05, 4.69) is 0 Å². The van der Waals surface area contributed by atoms with Gasteiger partial charge < -0.3 is 15.6 Å². The van der Waals surface area contributed by atoms with Crippen LogP contribution in [-0.4, -0.2) is 23.7 Å². The molecule has 1 aromatic carbocycles. The normalized spacial score (nSPS) is 12.2. The van der Waals surface area contributed by atoms with Crippen molar-refractivity contribution in [3.8, 4) is 5.75 Å². The van der Waals surface area contributed by atoms with Crippen molar-refractivity contribution < 1.29 is 14.8 Å². The van der Waals surface area contributed by atoms with Crippen LogP contribution in [0.25, 0.3) is 0 Å². The summed E-state index contributed by atoms with van der Waals surface area (Å²) in [6.07, 6.45) is 0.383. The van der Waals surface area contributed by atoms with E-state index in [1.165, 1.54) is 19.2 Å². The van der Waals surface area contributed by atoms with Gasteiger partial charge in [0.2, 0.25) is 0 Å². The van der Waals surface area contributed by atoms with Crippen LogP contribution in [0.5, 0.6) is 5.75 Å². The zero-order valence-electron chi connectivity index (χ0n) is 8.92. The summed E-state index contributed by atoms with van der Waals surface area (Å²) >= 11 is 0. The molecule has 0 radical (unpaired) electrons. The number of benzene rings is 1. The molecule has 0 aliphatic heterocycles. The number of rotatable bonds is 5. The van der Waals surface area contributed by atoms with Crippen molar-refractivity contribution in [1.29, 1.82) is 0 Å². The summed E-state index contributed by atoms with van der Waals surface area (Å²) in [4.78, 5) is 10.1. The van der Waals surface area contributed by atoms with Gasteiger partial charge in [0.05, 0.1) is 18.1 Å². The van der Waals surface area contributed by atoms with Crippen LogP contribution in [0.1, 0.15) is 18.0 Å². The molecule has 0 aliphatic carbocycles. The fourth-order valence-electron chi connectivity index (χ4n) is 1.41. The molecule has 6 nitrogen and oxygen atoms in total. The molecule has 3 N–H and O–H groups in total.